The van der Waals surface area contributed by atoms with Crippen molar-refractivity contribution in [2.24, 2.45) is 0 Å². The first-order valence-corrected chi connectivity index (χ1v) is 9.49. The molecule has 0 spiro atoms. The molecule has 0 N–H and O–H groups in total. The van der Waals surface area contributed by atoms with Gasteiger partial charge in [0, 0.05) is 50.6 Å². The van der Waals surface area contributed by atoms with Crippen molar-refractivity contribution in [3.63, 3.8) is 0 Å². The third-order valence-corrected chi connectivity index (χ3v) is 4.68. The highest BCUT2D eigenvalue weighted by Crippen LogP contribution is 2.13. The number of carbonyl (C=O) groups excluding carboxylic acids is 2. The summed E-state index contributed by atoms with van der Waals surface area (Å²) < 4.78 is 18.4. The van der Waals surface area contributed by atoms with E-state index in [0.717, 1.165) is 6.42 Å². The van der Waals surface area contributed by atoms with Gasteiger partial charge in [0.1, 0.15) is 11.6 Å². The molecule has 1 aromatic carbocycles. The van der Waals surface area contributed by atoms with Crippen molar-refractivity contribution in [2.45, 2.75) is 19.3 Å². The lowest BCUT2D eigenvalue weighted by atomic mass is 10.2. The van der Waals surface area contributed by atoms with E-state index >= 15 is 0 Å². The summed E-state index contributed by atoms with van der Waals surface area (Å²) in [5, 5.41) is 0. The summed E-state index contributed by atoms with van der Waals surface area (Å²) >= 11 is 0. The molecule has 3 rings (SSSR count). The van der Waals surface area contributed by atoms with Crippen LogP contribution in [0.1, 0.15) is 29.6 Å². The molecule has 2 aromatic rings. The van der Waals surface area contributed by atoms with Crippen molar-refractivity contribution in [2.75, 3.05) is 32.8 Å². The SMILES string of the molecule is O=C(CCCOc1ccc(F)cc1)N1CCCN(C(=O)c2ccncc2)CC1. The first kappa shape index (κ1) is 19.8. The van der Waals surface area contributed by atoms with Gasteiger partial charge in [0.2, 0.25) is 5.91 Å². The number of pyridine rings is 1. The second-order valence-corrected chi connectivity index (χ2v) is 6.67. The maximum atomic E-state index is 12.9. The van der Waals surface area contributed by atoms with E-state index in [4.69, 9.17) is 4.74 Å². The van der Waals surface area contributed by atoms with Crippen molar-refractivity contribution >= 4 is 11.8 Å². The van der Waals surface area contributed by atoms with Crippen molar-refractivity contribution < 1.29 is 18.7 Å². The van der Waals surface area contributed by atoms with Crippen LogP contribution in [0.2, 0.25) is 0 Å². The molecule has 1 aliphatic heterocycles. The van der Waals surface area contributed by atoms with Gasteiger partial charge in [-0.2, -0.15) is 0 Å². The van der Waals surface area contributed by atoms with Crippen LogP contribution in [0.4, 0.5) is 4.39 Å². The summed E-state index contributed by atoms with van der Waals surface area (Å²) in [6.45, 7) is 2.75. The predicted octanol–water partition coefficient (Wildman–Crippen LogP) is 2.75. The molecule has 0 bridgehead atoms. The van der Waals surface area contributed by atoms with Crippen LogP contribution in [0.15, 0.2) is 48.8 Å². The minimum atomic E-state index is -0.305. The molecule has 1 aliphatic rings. The molecule has 148 valence electrons. The molecule has 0 saturated carbocycles. The largest absolute Gasteiger partial charge is 0.494 e. The summed E-state index contributed by atoms with van der Waals surface area (Å²) in [5.41, 5.74) is 0.618. The minimum absolute atomic E-state index is 0.0237. The molecule has 0 aliphatic carbocycles. The Labute approximate surface area is 163 Å². The molecular weight excluding hydrogens is 361 g/mol. The average Bonchev–Trinajstić information content (AvgIpc) is 2.99. The Bertz CT molecular complexity index is 783. The summed E-state index contributed by atoms with van der Waals surface area (Å²) in [5.74, 6) is 0.333. The van der Waals surface area contributed by atoms with Gasteiger partial charge in [-0.05, 0) is 49.2 Å². The van der Waals surface area contributed by atoms with Gasteiger partial charge in [-0.3, -0.25) is 14.6 Å². The van der Waals surface area contributed by atoms with Crippen LogP contribution in [0.3, 0.4) is 0 Å². The minimum Gasteiger partial charge on any atom is -0.494 e. The predicted molar refractivity (Wildman–Crippen MR) is 102 cm³/mol. The zero-order valence-corrected chi connectivity index (χ0v) is 15.7. The zero-order chi connectivity index (χ0) is 19.8. The lowest BCUT2D eigenvalue weighted by molar-refractivity contribution is -0.131. The van der Waals surface area contributed by atoms with Crippen LogP contribution in [0, 0.1) is 5.82 Å². The van der Waals surface area contributed by atoms with Crippen molar-refractivity contribution in [3.05, 3.63) is 60.2 Å². The Kier molecular flexibility index (Phi) is 6.94. The fourth-order valence-electron chi connectivity index (χ4n) is 3.15. The number of halogens is 1. The van der Waals surface area contributed by atoms with E-state index in [0.29, 0.717) is 56.9 Å². The monoisotopic (exact) mass is 385 g/mol. The lowest BCUT2D eigenvalue weighted by Gasteiger charge is -2.22. The summed E-state index contributed by atoms with van der Waals surface area (Å²) in [4.78, 5) is 32.6. The van der Waals surface area contributed by atoms with E-state index in [1.54, 1.807) is 41.6 Å². The summed E-state index contributed by atoms with van der Waals surface area (Å²) in [7, 11) is 0. The van der Waals surface area contributed by atoms with E-state index < -0.39 is 0 Å². The van der Waals surface area contributed by atoms with Crippen molar-refractivity contribution in [3.8, 4) is 5.75 Å². The van der Waals surface area contributed by atoms with E-state index in [-0.39, 0.29) is 17.6 Å². The smallest absolute Gasteiger partial charge is 0.254 e. The van der Waals surface area contributed by atoms with E-state index in [9.17, 15) is 14.0 Å². The van der Waals surface area contributed by atoms with Crippen molar-refractivity contribution in [1.82, 2.24) is 14.8 Å². The quantitative estimate of drug-likeness (QED) is 0.718. The van der Waals surface area contributed by atoms with Gasteiger partial charge in [0.25, 0.3) is 5.91 Å². The Morgan fingerprint density at radius 1 is 0.964 bits per heavy atom. The molecule has 1 aromatic heterocycles. The molecule has 6 nitrogen and oxygen atoms in total. The number of aromatic nitrogens is 1. The second-order valence-electron chi connectivity index (χ2n) is 6.67. The Morgan fingerprint density at radius 2 is 1.64 bits per heavy atom. The van der Waals surface area contributed by atoms with Gasteiger partial charge < -0.3 is 14.5 Å². The highest BCUT2D eigenvalue weighted by Gasteiger charge is 2.22. The third kappa shape index (κ3) is 5.52. The molecule has 28 heavy (non-hydrogen) atoms. The number of nitrogens with zero attached hydrogens (tertiary/aromatic N) is 3. The highest BCUT2D eigenvalue weighted by molar-refractivity contribution is 5.94. The van der Waals surface area contributed by atoms with Crippen LogP contribution >= 0.6 is 0 Å². The maximum Gasteiger partial charge on any atom is 0.254 e. The molecule has 2 heterocycles. The van der Waals surface area contributed by atoms with Crippen LogP contribution in [-0.2, 0) is 4.79 Å². The topological polar surface area (TPSA) is 62.7 Å². The lowest BCUT2D eigenvalue weighted by Crippen LogP contribution is -2.37. The summed E-state index contributed by atoms with van der Waals surface area (Å²) in [6.07, 6.45) is 4.95. The van der Waals surface area contributed by atoms with Crippen molar-refractivity contribution in [1.29, 1.82) is 0 Å². The van der Waals surface area contributed by atoms with Crippen LogP contribution in [0.25, 0.3) is 0 Å². The Hall–Kier alpha value is -2.96. The number of ether oxygens (including phenoxy) is 1. The fourth-order valence-corrected chi connectivity index (χ4v) is 3.15. The highest BCUT2D eigenvalue weighted by atomic mass is 19.1. The molecule has 0 unspecified atom stereocenters. The number of benzene rings is 1. The van der Waals surface area contributed by atoms with Crippen LogP contribution < -0.4 is 4.74 Å². The van der Waals surface area contributed by atoms with Gasteiger partial charge in [-0.1, -0.05) is 0 Å². The molecule has 0 radical (unpaired) electrons. The Morgan fingerprint density at radius 3 is 2.39 bits per heavy atom. The van der Waals surface area contributed by atoms with Gasteiger partial charge >= 0.3 is 0 Å². The average molecular weight is 385 g/mol. The van der Waals surface area contributed by atoms with E-state index in [2.05, 4.69) is 4.98 Å². The number of hydrogen-bond acceptors (Lipinski definition) is 4. The first-order chi connectivity index (χ1) is 13.6. The molecule has 1 saturated heterocycles. The molecular formula is C21H24FN3O3. The van der Waals surface area contributed by atoms with Gasteiger partial charge in [0.05, 0.1) is 6.61 Å². The number of carbonyl (C=O) groups is 2. The maximum absolute atomic E-state index is 12.9. The molecule has 1 fully saturated rings. The second kappa shape index (κ2) is 9.82. The van der Waals surface area contributed by atoms with Gasteiger partial charge in [-0.15, -0.1) is 0 Å². The normalized spacial score (nSPS) is 14.5. The van der Waals surface area contributed by atoms with Gasteiger partial charge in [0.15, 0.2) is 0 Å². The zero-order valence-electron chi connectivity index (χ0n) is 15.7. The molecule has 2 amide bonds. The molecule has 0 atom stereocenters. The van der Waals surface area contributed by atoms with Crippen LogP contribution in [0.5, 0.6) is 5.75 Å². The fraction of sp³-hybridized carbons (Fsp3) is 0.381. The Balaban J connectivity index is 1.41. The number of amides is 2. The third-order valence-electron chi connectivity index (χ3n) is 4.68. The standard InChI is InChI=1S/C21H24FN3O3/c22-18-4-6-19(7-5-18)28-16-1-3-20(26)24-12-2-13-25(15-14-24)21(27)17-8-10-23-11-9-17/h4-11H,1-3,12-16H2. The number of hydrogen-bond donors (Lipinski definition) is 0. The van der Waals surface area contributed by atoms with E-state index in [1.807, 2.05) is 4.90 Å². The summed E-state index contributed by atoms with van der Waals surface area (Å²) in [6, 6.07) is 9.24. The first-order valence-electron chi connectivity index (χ1n) is 9.49. The molecule has 7 heteroatoms. The number of rotatable bonds is 6. The van der Waals surface area contributed by atoms with Crippen LogP contribution in [-0.4, -0.2) is 59.4 Å². The van der Waals surface area contributed by atoms with E-state index in [1.165, 1.54) is 12.1 Å². The van der Waals surface area contributed by atoms with Gasteiger partial charge in [-0.25, -0.2) is 4.39 Å².